The van der Waals surface area contributed by atoms with Gasteiger partial charge in [-0.2, -0.15) is 0 Å². The van der Waals surface area contributed by atoms with Crippen molar-refractivity contribution < 1.29 is 4.74 Å². The molecule has 0 saturated carbocycles. The summed E-state index contributed by atoms with van der Waals surface area (Å²) in [5.41, 5.74) is 0. The third-order valence-corrected chi connectivity index (χ3v) is 1.11. The molecule has 0 fully saturated rings. The lowest BCUT2D eigenvalue weighted by Gasteiger charge is -2.10. The second-order valence-electron chi connectivity index (χ2n) is 2.20. The van der Waals surface area contributed by atoms with Crippen molar-refractivity contribution in [2.24, 2.45) is 0 Å². The first-order valence-corrected chi connectivity index (χ1v) is 3.68. The standard InChI is InChI=1S/C7H15BO/c1-3-5-7(8)9-6-4-2/h7H,3-6H2,1-2H3. The fourth-order valence-electron chi connectivity index (χ4n) is 0.637. The van der Waals surface area contributed by atoms with Gasteiger partial charge in [-0.25, -0.2) is 0 Å². The first kappa shape index (κ1) is 9.02. The van der Waals surface area contributed by atoms with E-state index in [0.717, 1.165) is 25.9 Å². The molecule has 0 aliphatic carbocycles. The maximum absolute atomic E-state index is 5.55. The zero-order valence-corrected chi connectivity index (χ0v) is 6.39. The molecule has 52 valence electrons. The molecule has 0 heterocycles. The van der Waals surface area contributed by atoms with Crippen molar-refractivity contribution in [2.45, 2.75) is 39.1 Å². The number of rotatable bonds is 5. The van der Waals surface area contributed by atoms with Crippen LogP contribution < -0.4 is 0 Å². The van der Waals surface area contributed by atoms with Crippen molar-refractivity contribution in [2.75, 3.05) is 6.61 Å². The molecule has 1 unspecified atom stereocenters. The third kappa shape index (κ3) is 5.90. The van der Waals surface area contributed by atoms with Gasteiger partial charge in [-0.15, -0.1) is 0 Å². The van der Waals surface area contributed by atoms with Crippen LogP contribution in [-0.4, -0.2) is 20.5 Å². The van der Waals surface area contributed by atoms with Crippen LogP contribution in [0.2, 0.25) is 0 Å². The van der Waals surface area contributed by atoms with Gasteiger partial charge in [-0.05, 0) is 12.8 Å². The molecule has 0 bridgehead atoms. The molecule has 0 rings (SSSR count). The van der Waals surface area contributed by atoms with E-state index < -0.39 is 0 Å². The van der Waals surface area contributed by atoms with Gasteiger partial charge in [0.05, 0.1) is 0 Å². The Morgan fingerprint density at radius 2 is 2.00 bits per heavy atom. The lowest BCUT2D eigenvalue weighted by atomic mass is 9.95. The van der Waals surface area contributed by atoms with Crippen molar-refractivity contribution >= 4 is 7.85 Å². The van der Waals surface area contributed by atoms with Gasteiger partial charge in [0.1, 0.15) is 7.85 Å². The highest BCUT2D eigenvalue weighted by Crippen LogP contribution is 1.97. The summed E-state index contributed by atoms with van der Waals surface area (Å²) in [5, 5.41) is 0. The Hall–Kier alpha value is 0.0249. The van der Waals surface area contributed by atoms with Crippen molar-refractivity contribution in [1.82, 2.24) is 0 Å². The zero-order valence-electron chi connectivity index (χ0n) is 6.39. The Morgan fingerprint density at radius 3 is 2.44 bits per heavy atom. The minimum atomic E-state index is -0.0325. The second kappa shape index (κ2) is 6.15. The van der Waals surface area contributed by atoms with Crippen LogP contribution >= 0.6 is 0 Å². The first-order valence-electron chi connectivity index (χ1n) is 3.68. The molecule has 1 nitrogen and oxygen atoms in total. The summed E-state index contributed by atoms with van der Waals surface area (Å²) in [6, 6.07) is -0.0325. The van der Waals surface area contributed by atoms with E-state index in [4.69, 9.17) is 12.6 Å². The van der Waals surface area contributed by atoms with Gasteiger partial charge >= 0.3 is 0 Å². The maximum atomic E-state index is 5.55. The van der Waals surface area contributed by atoms with Crippen LogP contribution in [0.15, 0.2) is 0 Å². The van der Waals surface area contributed by atoms with E-state index in [1.54, 1.807) is 0 Å². The Balaban J connectivity index is 2.95. The molecule has 0 amide bonds. The van der Waals surface area contributed by atoms with Crippen LogP contribution in [0.3, 0.4) is 0 Å². The van der Waals surface area contributed by atoms with Gasteiger partial charge in [0.15, 0.2) is 0 Å². The zero-order chi connectivity index (χ0) is 7.11. The molecular formula is C7H15BO. The van der Waals surface area contributed by atoms with Gasteiger partial charge in [0.25, 0.3) is 0 Å². The normalized spacial score (nSPS) is 13.6. The van der Waals surface area contributed by atoms with Crippen LogP contribution in [0.4, 0.5) is 0 Å². The van der Waals surface area contributed by atoms with E-state index in [2.05, 4.69) is 13.8 Å². The van der Waals surface area contributed by atoms with Gasteiger partial charge in [0, 0.05) is 12.6 Å². The van der Waals surface area contributed by atoms with Crippen LogP contribution in [0, 0.1) is 0 Å². The Bertz CT molecular complexity index is 56.9. The van der Waals surface area contributed by atoms with Crippen molar-refractivity contribution in [3.63, 3.8) is 0 Å². The lowest BCUT2D eigenvalue weighted by molar-refractivity contribution is 0.101. The van der Waals surface area contributed by atoms with Gasteiger partial charge in [-0.1, -0.05) is 20.3 Å². The summed E-state index contributed by atoms with van der Waals surface area (Å²) in [6.45, 7) is 4.98. The SMILES string of the molecule is [B]C(CCC)OCCC. The number of hydrogen-bond acceptors (Lipinski definition) is 1. The van der Waals surface area contributed by atoms with E-state index in [-0.39, 0.29) is 6.00 Å². The minimum Gasteiger partial charge on any atom is -0.388 e. The number of hydrogen-bond donors (Lipinski definition) is 0. The highest BCUT2D eigenvalue weighted by molar-refractivity contribution is 6.10. The molecule has 2 radical (unpaired) electrons. The molecule has 1 atom stereocenters. The number of ether oxygens (including phenoxy) is 1. The molecule has 0 N–H and O–H groups in total. The summed E-state index contributed by atoms with van der Waals surface area (Å²) in [5.74, 6) is 0. The summed E-state index contributed by atoms with van der Waals surface area (Å²) in [4.78, 5) is 0. The minimum absolute atomic E-state index is 0.0325. The summed E-state index contributed by atoms with van der Waals surface area (Å²) in [6.07, 6.45) is 3.13. The monoisotopic (exact) mass is 126 g/mol. The Labute approximate surface area is 59.2 Å². The summed E-state index contributed by atoms with van der Waals surface area (Å²) in [7, 11) is 5.55. The second-order valence-corrected chi connectivity index (χ2v) is 2.20. The van der Waals surface area contributed by atoms with E-state index in [0.29, 0.717) is 0 Å². The summed E-state index contributed by atoms with van der Waals surface area (Å²) < 4.78 is 5.21. The predicted molar refractivity (Wildman–Crippen MR) is 40.7 cm³/mol. The average molecular weight is 126 g/mol. The van der Waals surface area contributed by atoms with E-state index >= 15 is 0 Å². The first-order chi connectivity index (χ1) is 4.31. The van der Waals surface area contributed by atoms with Gasteiger partial charge in [0.2, 0.25) is 0 Å². The topological polar surface area (TPSA) is 9.23 Å². The van der Waals surface area contributed by atoms with E-state index in [1.807, 2.05) is 0 Å². The van der Waals surface area contributed by atoms with Crippen LogP contribution in [0.1, 0.15) is 33.1 Å². The molecule has 0 saturated heterocycles. The Morgan fingerprint density at radius 1 is 1.33 bits per heavy atom. The molecule has 0 aromatic heterocycles. The highest BCUT2D eigenvalue weighted by Gasteiger charge is 1.96. The molecule has 0 aliphatic heterocycles. The molecule has 0 aromatic rings. The molecule has 0 aliphatic rings. The Kier molecular flexibility index (Phi) is 6.17. The molecule has 2 heteroatoms. The van der Waals surface area contributed by atoms with E-state index in [1.165, 1.54) is 0 Å². The summed E-state index contributed by atoms with van der Waals surface area (Å²) >= 11 is 0. The van der Waals surface area contributed by atoms with Gasteiger partial charge in [-0.3, -0.25) is 0 Å². The largest absolute Gasteiger partial charge is 0.388 e. The highest BCUT2D eigenvalue weighted by atomic mass is 16.5. The fourth-order valence-corrected chi connectivity index (χ4v) is 0.637. The van der Waals surface area contributed by atoms with Crippen molar-refractivity contribution in [3.8, 4) is 0 Å². The lowest BCUT2D eigenvalue weighted by Crippen LogP contribution is -2.12. The smallest absolute Gasteiger partial charge is 0.108 e. The van der Waals surface area contributed by atoms with Crippen molar-refractivity contribution in [1.29, 1.82) is 0 Å². The maximum Gasteiger partial charge on any atom is 0.108 e. The predicted octanol–water partition coefficient (Wildman–Crippen LogP) is 1.71. The molecular weight excluding hydrogens is 111 g/mol. The van der Waals surface area contributed by atoms with Crippen molar-refractivity contribution in [3.05, 3.63) is 0 Å². The fraction of sp³-hybridized carbons (Fsp3) is 1.00. The molecule has 0 aromatic carbocycles. The molecule has 0 spiro atoms. The molecule has 9 heavy (non-hydrogen) atoms. The van der Waals surface area contributed by atoms with Crippen LogP contribution in [0.25, 0.3) is 0 Å². The van der Waals surface area contributed by atoms with E-state index in [9.17, 15) is 0 Å². The quantitative estimate of drug-likeness (QED) is 0.509. The average Bonchev–Trinajstić information content (AvgIpc) is 1.85. The van der Waals surface area contributed by atoms with Gasteiger partial charge < -0.3 is 4.74 Å². The third-order valence-electron chi connectivity index (χ3n) is 1.11. The van der Waals surface area contributed by atoms with Crippen LogP contribution in [-0.2, 0) is 4.74 Å². The van der Waals surface area contributed by atoms with Crippen LogP contribution in [0.5, 0.6) is 0 Å².